The van der Waals surface area contributed by atoms with Gasteiger partial charge in [0, 0.05) is 16.9 Å². The summed E-state index contributed by atoms with van der Waals surface area (Å²) in [4.78, 5) is 3.73. The molecule has 21 heavy (non-hydrogen) atoms. The fourth-order valence-electron chi connectivity index (χ4n) is 1.57. The Balaban J connectivity index is 2.19. The molecule has 0 aliphatic carbocycles. The molecule has 5 nitrogen and oxygen atoms in total. The van der Waals surface area contributed by atoms with Gasteiger partial charge in [0.25, 0.3) is 9.05 Å². The minimum Gasteiger partial charge on any atom is -0.494 e. The molecule has 0 aliphatic rings. The van der Waals surface area contributed by atoms with Gasteiger partial charge in [-0.2, -0.15) is 0 Å². The molecular weight excluding hydrogens is 314 g/mol. The van der Waals surface area contributed by atoms with E-state index in [1.807, 2.05) is 6.92 Å². The molecule has 0 N–H and O–H groups in total. The Labute approximate surface area is 127 Å². The average Bonchev–Trinajstić information content (AvgIpc) is 2.46. The minimum absolute atomic E-state index is 0.0604. The van der Waals surface area contributed by atoms with Crippen molar-refractivity contribution in [2.45, 2.75) is 18.2 Å². The first-order valence-electron chi connectivity index (χ1n) is 6.31. The molecule has 2 aromatic rings. The van der Waals surface area contributed by atoms with Crippen LogP contribution in [0, 0.1) is 0 Å². The molecule has 1 aromatic heterocycles. The van der Waals surface area contributed by atoms with Gasteiger partial charge in [0.05, 0.1) is 6.61 Å². The molecule has 7 heteroatoms. The number of hydrogen-bond acceptors (Lipinski definition) is 5. The van der Waals surface area contributed by atoms with Crippen LogP contribution < -0.4 is 9.47 Å². The predicted octanol–water partition coefficient (Wildman–Crippen LogP) is 3.59. The molecule has 0 amide bonds. The van der Waals surface area contributed by atoms with E-state index in [-0.39, 0.29) is 10.8 Å². The number of benzene rings is 1. The molecular formula is C14H14ClNO4S. The molecule has 1 aromatic carbocycles. The zero-order valence-corrected chi connectivity index (χ0v) is 12.9. The third kappa shape index (κ3) is 4.34. The van der Waals surface area contributed by atoms with Crippen molar-refractivity contribution in [2.75, 3.05) is 6.61 Å². The van der Waals surface area contributed by atoms with Crippen molar-refractivity contribution in [3.05, 3.63) is 42.6 Å². The van der Waals surface area contributed by atoms with Crippen molar-refractivity contribution in [2.24, 2.45) is 0 Å². The Hall–Kier alpha value is -1.79. The first-order chi connectivity index (χ1) is 10.0. The number of ether oxygens (including phenoxy) is 2. The molecule has 112 valence electrons. The summed E-state index contributed by atoms with van der Waals surface area (Å²) >= 11 is 0. The lowest BCUT2D eigenvalue weighted by atomic mass is 10.3. The average molecular weight is 328 g/mol. The second kappa shape index (κ2) is 6.78. The molecule has 0 bridgehead atoms. The number of halogens is 1. The standard InChI is InChI=1S/C14H14ClNO4S/c1-2-10-19-11-5-7-12(8-6-11)20-14-13(21(15,17)18)4-3-9-16-14/h3-9H,2,10H2,1H3. The van der Waals surface area contributed by atoms with Crippen LogP contribution in [0.5, 0.6) is 17.4 Å². The van der Waals surface area contributed by atoms with Crippen LogP contribution >= 0.6 is 10.7 Å². The van der Waals surface area contributed by atoms with Crippen LogP contribution in [0.1, 0.15) is 13.3 Å². The highest BCUT2D eigenvalue weighted by molar-refractivity contribution is 8.13. The molecule has 0 aliphatic heterocycles. The van der Waals surface area contributed by atoms with Gasteiger partial charge in [-0.05, 0) is 42.8 Å². The summed E-state index contributed by atoms with van der Waals surface area (Å²) in [5, 5.41) is 0. The Bertz CT molecular complexity index is 701. The Morgan fingerprint density at radius 2 is 1.81 bits per heavy atom. The maximum Gasteiger partial charge on any atom is 0.266 e. The Morgan fingerprint density at radius 1 is 1.14 bits per heavy atom. The highest BCUT2D eigenvalue weighted by Gasteiger charge is 2.18. The fraction of sp³-hybridized carbons (Fsp3) is 0.214. The summed E-state index contributed by atoms with van der Waals surface area (Å²) < 4.78 is 33.8. The summed E-state index contributed by atoms with van der Waals surface area (Å²) in [6, 6.07) is 9.63. The Kier molecular flexibility index (Phi) is 5.03. The van der Waals surface area contributed by atoms with Gasteiger partial charge in [-0.1, -0.05) is 6.92 Å². The topological polar surface area (TPSA) is 65.5 Å². The fourth-order valence-corrected chi connectivity index (χ4v) is 2.47. The van der Waals surface area contributed by atoms with Gasteiger partial charge in [0.2, 0.25) is 5.88 Å². The van der Waals surface area contributed by atoms with Crippen LogP contribution in [0.4, 0.5) is 0 Å². The molecule has 1 heterocycles. The SMILES string of the molecule is CCCOc1ccc(Oc2ncccc2S(=O)(=O)Cl)cc1. The molecule has 0 unspecified atom stereocenters. The number of aromatic nitrogens is 1. The lowest BCUT2D eigenvalue weighted by molar-refractivity contribution is 0.317. The van der Waals surface area contributed by atoms with Crippen LogP contribution in [-0.2, 0) is 9.05 Å². The third-order valence-electron chi connectivity index (χ3n) is 2.51. The van der Waals surface area contributed by atoms with E-state index in [2.05, 4.69) is 4.98 Å². The molecule has 0 saturated carbocycles. The van der Waals surface area contributed by atoms with E-state index in [1.165, 1.54) is 18.3 Å². The van der Waals surface area contributed by atoms with E-state index in [4.69, 9.17) is 20.2 Å². The van der Waals surface area contributed by atoms with Gasteiger partial charge in [-0.15, -0.1) is 0 Å². The lowest BCUT2D eigenvalue weighted by Gasteiger charge is -2.09. The van der Waals surface area contributed by atoms with Gasteiger partial charge in [0.15, 0.2) is 0 Å². The van der Waals surface area contributed by atoms with Gasteiger partial charge in [-0.25, -0.2) is 13.4 Å². The summed E-state index contributed by atoms with van der Waals surface area (Å²) in [6.45, 7) is 2.65. The van der Waals surface area contributed by atoms with Crippen molar-refractivity contribution >= 4 is 19.7 Å². The predicted molar refractivity (Wildman–Crippen MR) is 79.6 cm³/mol. The van der Waals surface area contributed by atoms with Gasteiger partial charge in [-0.3, -0.25) is 0 Å². The number of hydrogen-bond donors (Lipinski definition) is 0. The zero-order chi connectivity index (χ0) is 15.3. The smallest absolute Gasteiger partial charge is 0.266 e. The molecule has 0 radical (unpaired) electrons. The normalized spacial score (nSPS) is 11.1. The van der Waals surface area contributed by atoms with Crippen LogP contribution in [0.2, 0.25) is 0 Å². The van der Waals surface area contributed by atoms with E-state index < -0.39 is 9.05 Å². The van der Waals surface area contributed by atoms with Crippen molar-refractivity contribution in [1.29, 1.82) is 0 Å². The van der Waals surface area contributed by atoms with Gasteiger partial charge < -0.3 is 9.47 Å². The molecule has 2 rings (SSSR count). The molecule has 0 spiro atoms. The summed E-state index contributed by atoms with van der Waals surface area (Å²) in [7, 11) is 1.43. The van der Waals surface area contributed by atoms with Crippen molar-refractivity contribution < 1.29 is 17.9 Å². The molecule has 0 atom stereocenters. The number of pyridine rings is 1. The Morgan fingerprint density at radius 3 is 2.43 bits per heavy atom. The van der Waals surface area contributed by atoms with E-state index in [9.17, 15) is 8.42 Å². The second-order valence-electron chi connectivity index (χ2n) is 4.17. The van der Waals surface area contributed by atoms with Crippen molar-refractivity contribution in [3.63, 3.8) is 0 Å². The van der Waals surface area contributed by atoms with Gasteiger partial charge >= 0.3 is 0 Å². The quantitative estimate of drug-likeness (QED) is 0.758. The summed E-state index contributed by atoms with van der Waals surface area (Å²) in [5.74, 6) is 1.10. The first-order valence-corrected chi connectivity index (χ1v) is 8.62. The highest BCUT2D eigenvalue weighted by Crippen LogP contribution is 2.29. The summed E-state index contributed by atoms with van der Waals surface area (Å²) in [6.07, 6.45) is 2.35. The van der Waals surface area contributed by atoms with Crippen LogP contribution in [0.25, 0.3) is 0 Å². The van der Waals surface area contributed by atoms with E-state index >= 15 is 0 Å². The van der Waals surface area contributed by atoms with Crippen LogP contribution in [0.3, 0.4) is 0 Å². The molecule has 0 saturated heterocycles. The van der Waals surface area contributed by atoms with Crippen LogP contribution in [-0.4, -0.2) is 20.0 Å². The maximum absolute atomic E-state index is 11.4. The second-order valence-corrected chi connectivity index (χ2v) is 6.70. The van der Waals surface area contributed by atoms with E-state index in [0.29, 0.717) is 12.4 Å². The monoisotopic (exact) mass is 327 g/mol. The summed E-state index contributed by atoms with van der Waals surface area (Å²) in [5.41, 5.74) is 0. The van der Waals surface area contributed by atoms with E-state index in [1.54, 1.807) is 24.3 Å². The van der Waals surface area contributed by atoms with Gasteiger partial charge in [0.1, 0.15) is 16.4 Å². The lowest BCUT2D eigenvalue weighted by Crippen LogP contribution is -1.98. The van der Waals surface area contributed by atoms with Crippen molar-refractivity contribution in [1.82, 2.24) is 4.98 Å². The molecule has 0 fully saturated rings. The minimum atomic E-state index is -3.91. The zero-order valence-electron chi connectivity index (χ0n) is 11.3. The first kappa shape index (κ1) is 15.6. The highest BCUT2D eigenvalue weighted by atomic mass is 35.7. The largest absolute Gasteiger partial charge is 0.494 e. The van der Waals surface area contributed by atoms with Crippen molar-refractivity contribution in [3.8, 4) is 17.4 Å². The number of nitrogens with zero attached hydrogens (tertiary/aromatic N) is 1. The third-order valence-corrected chi connectivity index (χ3v) is 3.84. The maximum atomic E-state index is 11.4. The van der Waals surface area contributed by atoms with Crippen LogP contribution in [0.15, 0.2) is 47.5 Å². The van der Waals surface area contributed by atoms with E-state index in [0.717, 1.165) is 12.2 Å². The number of rotatable bonds is 6.